The summed E-state index contributed by atoms with van der Waals surface area (Å²) in [5, 5.41) is 17.8. The van der Waals surface area contributed by atoms with Gasteiger partial charge in [-0.25, -0.2) is 4.79 Å². The summed E-state index contributed by atoms with van der Waals surface area (Å²) >= 11 is 5.84. The Labute approximate surface area is 112 Å². The first-order chi connectivity index (χ1) is 8.38. The number of carboxylic acid groups (broad SMARTS) is 1. The molecule has 98 valence electrons. The molecule has 0 unspecified atom stereocenters. The Bertz CT molecular complexity index is 439. The van der Waals surface area contributed by atoms with Crippen LogP contribution in [0.4, 0.5) is 0 Å². The highest BCUT2D eigenvalue weighted by Gasteiger charge is 1.99. The van der Waals surface area contributed by atoms with Crippen LogP contribution in [0.3, 0.4) is 0 Å². The third-order valence-electron chi connectivity index (χ3n) is 1.96. The van der Waals surface area contributed by atoms with Crippen molar-refractivity contribution in [3.8, 4) is 5.75 Å². The lowest BCUT2D eigenvalue weighted by molar-refractivity contribution is -0.131. The van der Waals surface area contributed by atoms with Crippen LogP contribution in [0.25, 0.3) is 0 Å². The Hall–Kier alpha value is -1.74. The molecule has 0 atom stereocenters. The molecule has 1 aromatic carbocycles. The topological polar surface area (TPSA) is 57.5 Å². The molecule has 18 heavy (non-hydrogen) atoms. The van der Waals surface area contributed by atoms with Crippen LogP contribution in [0.5, 0.6) is 5.75 Å². The molecule has 4 heteroatoms. The third kappa shape index (κ3) is 6.76. The number of rotatable bonds is 2. The second-order valence-electron chi connectivity index (χ2n) is 3.62. The number of hydrogen-bond acceptors (Lipinski definition) is 2. The summed E-state index contributed by atoms with van der Waals surface area (Å²) in [5.74, 6) is -0.637. The highest BCUT2D eigenvalue weighted by Crippen LogP contribution is 2.24. The number of phenols is 1. The molecule has 0 aliphatic rings. The number of aromatic hydroxyl groups is 1. The van der Waals surface area contributed by atoms with Gasteiger partial charge in [-0.05, 0) is 44.0 Å². The maximum atomic E-state index is 9.75. The SMILES string of the molecule is C/C=C/C=C/C(=O)O.Cc1cc(O)cc(C)c1Cl. The Morgan fingerprint density at radius 3 is 2.11 bits per heavy atom. The molecule has 0 spiro atoms. The summed E-state index contributed by atoms with van der Waals surface area (Å²) in [6.45, 7) is 5.57. The molecule has 0 aromatic heterocycles. The molecule has 0 saturated heterocycles. The van der Waals surface area contributed by atoms with E-state index in [1.165, 1.54) is 6.08 Å². The zero-order valence-electron chi connectivity index (χ0n) is 10.6. The number of hydrogen-bond donors (Lipinski definition) is 2. The van der Waals surface area contributed by atoms with Crippen LogP contribution in [-0.4, -0.2) is 16.2 Å². The van der Waals surface area contributed by atoms with E-state index < -0.39 is 5.97 Å². The Morgan fingerprint density at radius 1 is 1.22 bits per heavy atom. The van der Waals surface area contributed by atoms with Crippen molar-refractivity contribution in [2.24, 2.45) is 0 Å². The summed E-state index contributed by atoms with van der Waals surface area (Å²) in [5.41, 5.74) is 1.83. The zero-order valence-corrected chi connectivity index (χ0v) is 11.4. The first-order valence-electron chi connectivity index (χ1n) is 5.36. The Balaban J connectivity index is 0.000000331. The average molecular weight is 269 g/mol. The van der Waals surface area contributed by atoms with Gasteiger partial charge in [0.2, 0.25) is 0 Å². The second kappa shape index (κ2) is 8.37. The van der Waals surface area contributed by atoms with Crippen LogP contribution in [0.15, 0.2) is 36.4 Å². The number of aliphatic carboxylic acids is 1. The molecule has 0 radical (unpaired) electrons. The minimum atomic E-state index is -0.914. The smallest absolute Gasteiger partial charge is 0.328 e. The maximum absolute atomic E-state index is 9.75. The van der Waals surface area contributed by atoms with Gasteiger partial charge in [-0.15, -0.1) is 0 Å². The quantitative estimate of drug-likeness (QED) is 0.632. The van der Waals surface area contributed by atoms with Crippen LogP contribution >= 0.6 is 11.6 Å². The van der Waals surface area contributed by atoms with Gasteiger partial charge in [0.25, 0.3) is 0 Å². The first-order valence-corrected chi connectivity index (χ1v) is 5.74. The third-order valence-corrected chi connectivity index (χ3v) is 2.56. The van der Waals surface area contributed by atoms with Crippen molar-refractivity contribution in [3.63, 3.8) is 0 Å². The molecule has 0 aliphatic heterocycles. The number of carboxylic acids is 1. The second-order valence-corrected chi connectivity index (χ2v) is 3.99. The fraction of sp³-hybridized carbons (Fsp3) is 0.214. The van der Waals surface area contributed by atoms with Gasteiger partial charge in [-0.2, -0.15) is 0 Å². The van der Waals surface area contributed by atoms with Gasteiger partial charge in [0.1, 0.15) is 5.75 Å². The molecule has 0 bridgehead atoms. The van der Waals surface area contributed by atoms with Crippen molar-refractivity contribution in [3.05, 3.63) is 52.6 Å². The minimum absolute atomic E-state index is 0.277. The predicted molar refractivity (Wildman–Crippen MR) is 74.2 cm³/mol. The molecule has 0 amide bonds. The van der Waals surface area contributed by atoms with E-state index in [0.29, 0.717) is 0 Å². The van der Waals surface area contributed by atoms with Crippen molar-refractivity contribution < 1.29 is 15.0 Å². The van der Waals surface area contributed by atoms with E-state index in [1.807, 2.05) is 20.8 Å². The van der Waals surface area contributed by atoms with E-state index in [-0.39, 0.29) is 5.75 Å². The zero-order chi connectivity index (χ0) is 14.1. The van der Waals surface area contributed by atoms with Gasteiger partial charge < -0.3 is 10.2 Å². The van der Waals surface area contributed by atoms with E-state index in [9.17, 15) is 4.79 Å². The van der Waals surface area contributed by atoms with Gasteiger partial charge >= 0.3 is 5.97 Å². The molecule has 0 aliphatic carbocycles. The molecule has 0 fully saturated rings. The van der Waals surface area contributed by atoms with E-state index in [0.717, 1.165) is 22.2 Å². The summed E-state index contributed by atoms with van der Waals surface area (Å²) in [4.78, 5) is 9.75. The lowest BCUT2D eigenvalue weighted by Gasteiger charge is -2.01. The predicted octanol–water partition coefficient (Wildman–Crippen LogP) is 3.87. The van der Waals surface area contributed by atoms with Crippen LogP contribution in [-0.2, 0) is 4.79 Å². The minimum Gasteiger partial charge on any atom is -0.508 e. The lowest BCUT2D eigenvalue weighted by Crippen LogP contribution is -1.83. The standard InChI is InChI=1S/C8H9ClO.C6H8O2/c1-5-3-7(10)4-6(2)8(5)9;1-2-3-4-5-6(7)8/h3-4,10H,1-2H3;2-5H,1H3,(H,7,8)/b;3-2+,5-4+. The largest absolute Gasteiger partial charge is 0.508 e. The fourth-order valence-corrected chi connectivity index (χ4v) is 1.28. The average Bonchev–Trinajstić information content (AvgIpc) is 2.26. The maximum Gasteiger partial charge on any atom is 0.328 e. The number of aryl methyl sites for hydroxylation is 2. The van der Waals surface area contributed by atoms with Crippen molar-refractivity contribution in [2.75, 3.05) is 0 Å². The van der Waals surface area contributed by atoms with Crippen LogP contribution in [0.1, 0.15) is 18.1 Å². The van der Waals surface area contributed by atoms with Crippen molar-refractivity contribution in [1.29, 1.82) is 0 Å². The lowest BCUT2D eigenvalue weighted by atomic mass is 10.1. The number of halogens is 1. The summed E-state index contributed by atoms with van der Waals surface area (Å²) < 4.78 is 0. The summed E-state index contributed by atoms with van der Waals surface area (Å²) in [6, 6.07) is 3.30. The molecule has 3 nitrogen and oxygen atoms in total. The molecular formula is C14H17ClO3. The Morgan fingerprint density at radius 2 is 1.72 bits per heavy atom. The molecule has 1 rings (SSSR count). The van der Waals surface area contributed by atoms with E-state index in [4.69, 9.17) is 21.8 Å². The van der Waals surface area contributed by atoms with Gasteiger partial charge in [0.15, 0.2) is 0 Å². The molecule has 1 aromatic rings. The molecule has 2 N–H and O–H groups in total. The monoisotopic (exact) mass is 268 g/mol. The molecule has 0 heterocycles. The van der Waals surface area contributed by atoms with Crippen molar-refractivity contribution >= 4 is 17.6 Å². The summed E-state index contributed by atoms with van der Waals surface area (Å²) in [7, 11) is 0. The first kappa shape index (κ1) is 16.3. The van der Waals surface area contributed by atoms with Gasteiger partial charge in [-0.1, -0.05) is 29.8 Å². The number of allylic oxidation sites excluding steroid dienone is 3. The number of benzene rings is 1. The van der Waals surface area contributed by atoms with E-state index >= 15 is 0 Å². The van der Waals surface area contributed by atoms with Crippen LogP contribution in [0.2, 0.25) is 5.02 Å². The highest BCUT2D eigenvalue weighted by molar-refractivity contribution is 6.32. The van der Waals surface area contributed by atoms with Crippen LogP contribution in [0, 0.1) is 13.8 Å². The highest BCUT2D eigenvalue weighted by atomic mass is 35.5. The van der Waals surface area contributed by atoms with E-state index in [2.05, 4.69) is 0 Å². The van der Waals surface area contributed by atoms with Gasteiger partial charge in [0, 0.05) is 11.1 Å². The number of carbonyl (C=O) groups is 1. The van der Waals surface area contributed by atoms with Gasteiger partial charge in [0.05, 0.1) is 0 Å². The Kier molecular flexibility index (Phi) is 7.56. The summed E-state index contributed by atoms with van der Waals surface area (Å²) in [6.07, 6.45) is 5.98. The van der Waals surface area contributed by atoms with Gasteiger partial charge in [-0.3, -0.25) is 0 Å². The normalized spacial score (nSPS) is 10.4. The molecule has 0 saturated carbocycles. The molecular weight excluding hydrogens is 252 g/mol. The fourth-order valence-electron chi connectivity index (χ4n) is 1.17. The van der Waals surface area contributed by atoms with E-state index in [1.54, 1.807) is 24.3 Å². The van der Waals surface area contributed by atoms with Crippen LogP contribution < -0.4 is 0 Å². The van der Waals surface area contributed by atoms with Crippen molar-refractivity contribution in [1.82, 2.24) is 0 Å². The number of phenolic OH excluding ortho intramolecular Hbond substituents is 1. The van der Waals surface area contributed by atoms with Crippen molar-refractivity contribution in [2.45, 2.75) is 20.8 Å².